The molecule has 0 spiro atoms. The Morgan fingerprint density at radius 1 is 1.39 bits per heavy atom. The number of primary amides is 1. The summed E-state index contributed by atoms with van der Waals surface area (Å²) in [6, 6.07) is 2.64. The van der Waals surface area contributed by atoms with E-state index in [1.165, 1.54) is 12.1 Å². The van der Waals surface area contributed by atoms with Crippen molar-refractivity contribution in [3.8, 4) is 0 Å². The van der Waals surface area contributed by atoms with Gasteiger partial charge in [0.25, 0.3) is 5.91 Å². The van der Waals surface area contributed by atoms with Crippen LogP contribution in [0, 0.1) is 11.7 Å². The number of hydrogen-bond donors (Lipinski definition) is 2. The lowest BCUT2D eigenvalue weighted by molar-refractivity contribution is 0.100. The number of hydrogen-bond acceptors (Lipinski definition) is 3. The molecule has 5 heteroatoms. The van der Waals surface area contributed by atoms with Crippen molar-refractivity contribution in [2.45, 2.75) is 19.8 Å². The van der Waals surface area contributed by atoms with Crippen LogP contribution < -0.4 is 16.4 Å². The lowest BCUT2D eigenvalue weighted by Gasteiger charge is -2.32. The molecule has 0 unspecified atom stereocenters. The number of carbonyl (C=O) groups excluding carboxylic acids is 1. The molecule has 0 bridgehead atoms. The van der Waals surface area contributed by atoms with Gasteiger partial charge in [-0.05, 0) is 30.9 Å². The predicted molar refractivity (Wildman–Crippen MR) is 69.9 cm³/mol. The highest BCUT2D eigenvalue weighted by Gasteiger charge is 2.20. The quantitative estimate of drug-likeness (QED) is 0.786. The first-order valence-corrected chi connectivity index (χ1v) is 6.13. The highest BCUT2D eigenvalue weighted by Crippen LogP contribution is 2.28. The first kappa shape index (κ1) is 12.7. The molecule has 98 valence electrons. The van der Waals surface area contributed by atoms with Crippen molar-refractivity contribution in [3.05, 3.63) is 23.5 Å². The van der Waals surface area contributed by atoms with E-state index in [1.807, 2.05) is 4.90 Å². The van der Waals surface area contributed by atoms with E-state index in [0.717, 1.165) is 25.9 Å². The summed E-state index contributed by atoms with van der Waals surface area (Å²) in [5.41, 5.74) is 11.5. The molecule has 1 fully saturated rings. The molecular weight excluding hydrogens is 233 g/mol. The van der Waals surface area contributed by atoms with Crippen LogP contribution in [0.2, 0.25) is 0 Å². The van der Waals surface area contributed by atoms with E-state index in [4.69, 9.17) is 11.5 Å². The Bertz CT molecular complexity index is 468. The number of nitrogens with two attached hydrogens (primary N) is 2. The third-order valence-electron chi connectivity index (χ3n) is 3.51. The van der Waals surface area contributed by atoms with Crippen LogP contribution in [0.3, 0.4) is 0 Å². The van der Waals surface area contributed by atoms with Crippen molar-refractivity contribution in [2.75, 3.05) is 23.7 Å². The molecular formula is C13H18FN3O. The lowest BCUT2D eigenvalue weighted by Crippen LogP contribution is -2.33. The second kappa shape index (κ2) is 4.84. The Morgan fingerprint density at radius 2 is 2.00 bits per heavy atom. The minimum Gasteiger partial charge on any atom is -0.398 e. The van der Waals surface area contributed by atoms with Crippen LogP contribution in [0.25, 0.3) is 0 Å². The summed E-state index contributed by atoms with van der Waals surface area (Å²) in [5.74, 6) is -0.361. The summed E-state index contributed by atoms with van der Waals surface area (Å²) in [7, 11) is 0. The number of nitrogen functional groups attached to an aromatic ring is 1. The molecule has 4 nitrogen and oxygen atoms in total. The van der Waals surface area contributed by atoms with E-state index in [9.17, 15) is 9.18 Å². The smallest absolute Gasteiger partial charge is 0.250 e. The Morgan fingerprint density at radius 3 is 2.56 bits per heavy atom. The van der Waals surface area contributed by atoms with Gasteiger partial charge in [-0.25, -0.2) is 4.39 Å². The third kappa shape index (κ3) is 2.39. The van der Waals surface area contributed by atoms with E-state index in [-0.39, 0.29) is 11.3 Å². The summed E-state index contributed by atoms with van der Waals surface area (Å²) in [4.78, 5) is 13.2. The summed E-state index contributed by atoms with van der Waals surface area (Å²) < 4.78 is 13.9. The third-order valence-corrected chi connectivity index (χ3v) is 3.51. The van der Waals surface area contributed by atoms with E-state index in [0.29, 0.717) is 11.6 Å². The van der Waals surface area contributed by atoms with Gasteiger partial charge in [-0.3, -0.25) is 4.79 Å². The SMILES string of the molecule is CC1CCN(c2cc(C(N)=O)c(N)cc2F)CC1. The summed E-state index contributed by atoms with van der Waals surface area (Å²) >= 11 is 0. The van der Waals surface area contributed by atoms with Crippen molar-refractivity contribution in [1.29, 1.82) is 0 Å². The molecule has 4 N–H and O–H groups in total. The second-order valence-electron chi connectivity index (χ2n) is 4.92. The molecule has 0 aliphatic carbocycles. The maximum absolute atomic E-state index is 13.9. The number of benzene rings is 1. The average Bonchev–Trinajstić information content (AvgIpc) is 2.30. The molecule has 1 aliphatic heterocycles. The van der Waals surface area contributed by atoms with Gasteiger partial charge in [-0.15, -0.1) is 0 Å². The van der Waals surface area contributed by atoms with Gasteiger partial charge in [0.2, 0.25) is 0 Å². The van der Waals surface area contributed by atoms with Crippen LogP contribution in [-0.4, -0.2) is 19.0 Å². The minimum absolute atomic E-state index is 0.0918. The van der Waals surface area contributed by atoms with Crippen molar-refractivity contribution in [3.63, 3.8) is 0 Å². The first-order valence-electron chi connectivity index (χ1n) is 6.13. The fourth-order valence-electron chi connectivity index (χ4n) is 2.28. The number of halogens is 1. The Kier molecular flexibility index (Phi) is 3.41. The molecule has 0 aromatic heterocycles. The molecule has 1 aliphatic rings. The molecule has 0 radical (unpaired) electrons. The van der Waals surface area contributed by atoms with E-state index in [1.54, 1.807) is 0 Å². The predicted octanol–water partition coefficient (Wildman–Crippen LogP) is 1.74. The number of rotatable bonds is 2. The maximum Gasteiger partial charge on any atom is 0.250 e. The maximum atomic E-state index is 13.9. The van der Waals surface area contributed by atoms with Crippen LogP contribution in [-0.2, 0) is 0 Å². The number of piperidine rings is 1. The molecule has 0 atom stereocenters. The fourth-order valence-corrected chi connectivity index (χ4v) is 2.28. The summed E-state index contributed by atoms with van der Waals surface area (Å²) in [6.07, 6.45) is 2.05. The first-order chi connectivity index (χ1) is 8.49. The standard InChI is InChI=1S/C13H18FN3O/c1-8-2-4-17(5-3-8)12-6-9(13(16)18)11(15)7-10(12)14/h6-8H,2-5,15H2,1H3,(H2,16,18). The van der Waals surface area contributed by atoms with Gasteiger partial charge in [0.05, 0.1) is 11.3 Å². The summed E-state index contributed by atoms with van der Waals surface area (Å²) in [6.45, 7) is 3.77. The molecule has 1 aromatic rings. The van der Waals surface area contributed by atoms with Crippen LogP contribution >= 0.6 is 0 Å². The van der Waals surface area contributed by atoms with Gasteiger partial charge in [0.15, 0.2) is 0 Å². The molecule has 18 heavy (non-hydrogen) atoms. The van der Waals surface area contributed by atoms with Crippen molar-refractivity contribution in [2.24, 2.45) is 11.7 Å². The van der Waals surface area contributed by atoms with Gasteiger partial charge < -0.3 is 16.4 Å². The highest BCUT2D eigenvalue weighted by molar-refractivity contribution is 5.99. The zero-order valence-electron chi connectivity index (χ0n) is 10.4. The van der Waals surface area contributed by atoms with Gasteiger partial charge in [-0.1, -0.05) is 6.92 Å². The molecule has 1 amide bonds. The molecule has 1 aromatic carbocycles. The van der Waals surface area contributed by atoms with E-state index < -0.39 is 11.7 Å². The zero-order valence-corrected chi connectivity index (χ0v) is 10.4. The summed E-state index contributed by atoms with van der Waals surface area (Å²) in [5, 5.41) is 0. The van der Waals surface area contributed by atoms with Crippen LogP contribution in [0.1, 0.15) is 30.1 Å². The topological polar surface area (TPSA) is 72.3 Å². The number of amides is 1. The monoisotopic (exact) mass is 251 g/mol. The number of nitrogens with zero attached hydrogens (tertiary/aromatic N) is 1. The Labute approximate surface area is 106 Å². The van der Waals surface area contributed by atoms with Gasteiger partial charge >= 0.3 is 0 Å². The lowest BCUT2D eigenvalue weighted by atomic mass is 9.98. The zero-order chi connectivity index (χ0) is 13.3. The van der Waals surface area contributed by atoms with Crippen molar-refractivity contribution < 1.29 is 9.18 Å². The Balaban J connectivity index is 2.32. The van der Waals surface area contributed by atoms with Gasteiger partial charge in [0.1, 0.15) is 5.82 Å². The molecule has 2 rings (SSSR count). The number of anilines is 2. The minimum atomic E-state index is -0.626. The van der Waals surface area contributed by atoms with Crippen molar-refractivity contribution in [1.82, 2.24) is 0 Å². The molecule has 0 saturated carbocycles. The van der Waals surface area contributed by atoms with Crippen LogP contribution in [0.15, 0.2) is 12.1 Å². The van der Waals surface area contributed by atoms with E-state index >= 15 is 0 Å². The Hall–Kier alpha value is -1.78. The largest absolute Gasteiger partial charge is 0.398 e. The van der Waals surface area contributed by atoms with Gasteiger partial charge in [0, 0.05) is 18.8 Å². The van der Waals surface area contributed by atoms with Crippen LogP contribution in [0.5, 0.6) is 0 Å². The highest BCUT2D eigenvalue weighted by atomic mass is 19.1. The second-order valence-corrected chi connectivity index (χ2v) is 4.92. The average molecular weight is 251 g/mol. The van der Waals surface area contributed by atoms with Crippen LogP contribution in [0.4, 0.5) is 15.8 Å². The normalized spacial score (nSPS) is 16.9. The van der Waals surface area contributed by atoms with Gasteiger partial charge in [-0.2, -0.15) is 0 Å². The number of carbonyl (C=O) groups is 1. The van der Waals surface area contributed by atoms with Crippen molar-refractivity contribution >= 4 is 17.3 Å². The molecule has 1 heterocycles. The fraction of sp³-hybridized carbons (Fsp3) is 0.462. The molecule has 1 saturated heterocycles. The van der Waals surface area contributed by atoms with E-state index in [2.05, 4.69) is 6.92 Å².